The van der Waals surface area contributed by atoms with Crippen LogP contribution < -0.4 is 0 Å². The number of benzene rings is 2. The van der Waals surface area contributed by atoms with E-state index in [1.807, 2.05) is 19.2 Å². The summed E-state index contributed by atoms with van der Waals surface area (Å²) in [4.78, 5) is 9.35. The van der Waals surface area contributed by atoms with Crippen molar-refractivity contribution in [2.75, 3.05) is 0 Å². The SMILES string of the molecule is Cc1cc(-c2cc3cc(CC(C)C)ccc3cn2)c2oc3nc(C)ccc3c2c1. The number of pyridine rings is 2. The van der Waals surface area contributed by atoms with Crippen LogP contribution in [0.25, 0.3) is 44.1 Å². The Labute approximate surface area is 170 Å². The van der Waals surface area contributed by atoms with Crippen molar-refractivity contribution < 1.29 is 4.42 Å². The van der Waals surface area contributed by atoms with Crippen LogP contribution in [0.1, 0.15) is 30.7 Å². The number of fused-ring (bicyclic) bond motifs is 4. The maximum Gasteiger partial charge on any atom is 0.227 e. The lowest BCUT2D eigenvalue weighted by atomic mass is 9.98. The molecule has 3 heteroatoms. The van der Waals surface area contributed by atoms with Crippen LogP contribution in [0.15, 0.2) is 59.1 Å². The van der Waals surface area contributed by atoms with E-state index in [1.54, 1.807) is 0 Å². The second-order valence-electron chi connectivity index (χ2n) is 8.45. The summed E-state index contributed by atoms with van der Waals surface area (Å²) in [7, 11) is 0. The quantitative estimate of drug-likeness (QED) is 0.338. The van der Waals surface area contributed by atoms with Gasteiger partial charge in [-0.05, 0) is 73.0 Å². The molecule has 0 bridgehead atoms. The number of aryl methyl sites for hydroxylation is 2. The summed E-state index contributed by atoms with van der Waals surface area (Å²) in [6.07, 6.45) is 3.04. The number of hydrogen-bond acceptors (Lipinski definition) is 3. The molecule has 144 valence electrons. The van der Waals surface area contributed by atoms with E-state index < -0.39 is 0 Å². The summed E-state index contributed by atoms with van der Waals surface area (Å²) >= 11 is 0. The van der Waals surface area contributed by atoms with Crippen LogP contribution in [0.2, 0.25) is 0 Å². The summed E-state index contributed by atoms with van der Waals surface area (Å²) in [5, 5.41) is 4.52. The van der Waals surface area contributed by atoms with Crippen LogP contribution in [0.4, 0.5) is 0 Å². The topological polar surface area (TPSA) is 38.9 Å². The van der Waals surface area contributed by atoms with Crippen LogP contribution in [0, 0.1) is 19.8 Å². The van der Waals surface area contributed by atoms with Crippen molar-refractivity contribution in [1.29, 1.82) is 0 Å². The fraction of sp³-hybridized carbons (Fsp3) is 0.231. The molecule has 3 aromatic heterocycles. The van der Waals surface area contributed by atoms with Gasteiger partial charge in [-0.15, -0.1) is 0 Å². The average Bonchev–Trinajstić information content (AvgIpc) is 3.03. The van der Waals surface area contributed by atoms with Gasteiger partial charge in [0.2, 0.25) is 5.71 Å². The fourth-order valence-corrected chi connectivity index (χ4v) is 4.12. The molecule has 0 unspecified atom stereocenters. The Kier molecular flexibility index (Phi) is 4.13. The first kappa shape index (κ1) is 17.9. The van der Waals surface area contributed by atoms with Crippen molar-refractivity contribution in [1.82, 2.24) is 9.97 Å². The lowest BCUT2D eigenvalue weighted by Crippen LogP contribution is -1.94. The molecule has 5 rings (SSSR count). The van der Waals surface area contributed by atoms with E-state index in [-0.39, 0.29) is 0 Å². The second-order valence-corrected chi connectivity index (χ2v) is 8.45. The van der Waals surface area contributed by atoms with E-state index in [0.717, 1.165) is 45.1 Å². The highest BCUT2D eigenvalue weighted by molar-refractivity contribution is 6.09. The highest BCUT2D eigenvalue weighted by Crippen LogP contribution is 2.36. The van der Waals surface area contributed by atoms with Gasteiger partial charge in [-0.3, -0.25) is 4.98 Å². The van der Waals surface area contributed by atoms with Crippen LogP contribution in [0.3, 0.4) is 0 Å². The van der Waals surface area contributed by atoms with E-state index >= 15 is 0 Å². The Morgan fingerprint density at radius 2 is 1.76 bits per heavy atom. The number of hydrogen-bond donors (Lipinski definition) is 0. The summed E-state index contributed by atoms with van der Waals surface area (Å²) in [5.74, 6) is 0.636. The van der Waals surface area contributed by atoms with Crippen LogP contribution in [-0.4, -0.2) is 9.97 Å². The largest absolute Gasteiger partial charge is 0.437 e. The van der Waals surface area contributed by atoms with Crippen LogP contribution in [-0.2, 0) is 6.42 Å². The van der Waals surface area contributed by atoms with Crippen molar-refractivity contribution in [2.45, 2.75) is 34.1 Å². The first-order valence-electron chi connectivity index (χ1n) is 10.2. The molecule has 0 saturated heterocycles. The lowest BCUT2D eigenvalue weighted by Gasteiger charge is -2.09. The first-order chi connectivity index (χ1) is 14.0. The standard InChI is InChI=1S/C26H24N2O/c1-15(2)9-18-6-7-19-14-27-24(13-20(19)12-18)23-11-16(3)10-22-21-8-5-17(4)28-26(21)29-25(22)23/h5-8,10-15H,9H2,1-4H3. The molecule has 2 aromatic carbocycles. The van der Waals surface area contributed by atoms with Gasteiger partial charge in [0.15, 0.2) is 0 Å². The Hall–Kier alpha value is -3.20. The number of aromatic nitrogens is 2. The van der Waals surface area contributed by atoms with Gasteiger partial charge in [-0.25, -0.2) is 4.98 Å². The Bertz CT molecular complexity index is 1380. The van der Waals surface area contributed by atoms with Crippen molar-refractivity contribution >= 4 is 32.8 Å². The molecule has 5 aromatic rings. The van der Waals surface area contributed by atoms with Crippen molar-refractivity contribution in [3.63, 3.8) is 0 Å². The maximum atomic E-state index is 6.21. The molecule has 29 heavy (non-hydrogen) atoms. The average molecular weight is 380 g/mol. The number of rotatable bonds is 3. The van der Waals surface area contributed by atoms with Crippen LogP contribution >= 0.6 is 0 Å². The van der Waals surface area contributed by atoms with E-state index in [1.165, 1.54) is 16.5 Å². The normalized spacial score (nSPS) is 11.9. The number of nitrogens with zero attached hydrogens (tertiary/aromatic N) is 2. The molecule has 0 amide bonds. The van der Waals surface area contributed by atoms with E-state index in [2.05, 4.69) is 68.2 Å². The third kappa shape index (κ3) is 3.17. The molecule has 0 N–H and O–H groups in total. The predicted molar refractivity (Wildman–Crippen MR) is 120 cm³/mol. The van der Waals surface area contributed by atoms with Gasteiger partial charge in [0.1, 0.15) is 5.58 Å². The first-order valence-corrected chi connectivity index (χ1v) is 10.2. The minimum absolute atomic E-state index is 0.636. The lowest BCUT2D eigenvalue weighted by molar-refractivity contribution is 0.648. The van der Waals surface area contributed by atoms with Crippen molar-refractivity contribution in [3.8, 4) is 11.3 Å². The van der Waals surface area contributed by atoms with Crippen molar-refractivity contribution in [3.05, 3.63) is 71.5 Å². The third-order valence-corrected chi connectivity index (χ3v) is 5.43. The zero-order chi connectivity index (χ0) is 20.1. The van der Waals surface area contributed by atoms with Gasteiger partial charge < -0.3 is 4.42 Å². The summed E-state index contributed by atoms with van der Waals surface area (Å²) in [6.45, 7) is 8.61. The Morgan fingerprint density at radius 3 is 2.59 bits per heavy atom. The minimum atomic E-state index is 0.636. The highest BCUT2D eigenvalue weighted by Gasteiger charge is 2.15. The molecule has 0 saturated carbocycles. The van der Waals surface area contributed by atoms with Gasteiger partial charge in [-0.1, -0.05) is 32.0 Å². The number of furan rings is 1. The monoisotopic (exact) mass is 380 g/mol. The minimum Gasteiger partial charge on any atom is -0.437 e. The van der Waals surface area contributed by atoms with Gasteiger partial charge in [-0.2, -0.15) is 0 Å². The second kappa shape index (κ2) is 6.70. The fourth-order valence-electron chi connectivity index (χ4n) is 4.12. The zero-order valence-corrected chi connectivity index (χ0v) is 17.3. The van der Waals surface area contributed by atoms with Gasteiger partial charge in [0, 0.05) is 33.6 Å². The summed E-state index contributed by atoms with van der Waals surface area (Å²) in [5.41, 5.74) is 7.00. The highest BCUT2D eigenvalue weighted by atomic mass is 16.3. The van der Waals surface area contributed by atoms with Crippen molar-refractivity contribution in [2.24, 2.45) is 5.92 Å². The molecule has 0 aliphatic carbocycles. The molecule has 0 spiro atoms. The van der Waals surface area contributed by atoms with Gasteiger partial charge >= 0.3 is 0 Å². The van der Waals surface area contributed by atoms with E-state index in [4.69, 9.17) is 9.40 Å². The molecule has 0 atom stereocenters. The van der Waals surface area contributed by atoms with E-state index in [0.29, 0.717) is 11.6 Å². The predicted octanol–water partition coefficient (Wildman–Crippen LogP) is 7.01. The van der Waals surface area contributed by atoms with Gasteiger partial charge in [0.05, 0.1) is 5.69 Å². The summed E-state index contributed by atoms with van der Waals surface area (Å²) in [6, 6.07) is 17.3. The summed E-state index contributed by atoms with van der Waals surface area (Å²) < 4.78 is 6.21. The zero-order valence-electron chi connectivity index (χ0n) is 17.3. The van der Waals surface area contributed by atoms with Crippen LogP contribution in [0.5, 0.6) is 0 Å². The third-order valence-electron chi connectivity index (χ3n) is 5.43. The molecular weight excluding hydrogens is 356 g/mol. The Balaban J connectivity index is 1.73. The van der Waals surface area contributed by atoms with E-state index in [9.17, 15) is 0 Å². The Morgan fingerprint density at radius 1 is 0.897 bits per heavy atom. The molecule has 3 heterocycles. The van der Waals surface area contributed by atoms with Gasteiger partial charge in [0.25, 0.3) is 0 Å². The molecule has 0 radical (unpaired) electrons. The molecule has 3 nitrogen and oxygen atoms in total. The molecular formula is C26H24N2O. The molecule has 0 aliphatic heterocycles. The maximum absolute atomic E-state index is 6.21. The molecule has 0 aliphatic rings. The smallest absolute Gasteiger partial charge is 0.227 e. The molecule has 0 fully saturated rings.